The zero-order valence-electron chi connectivity index (χ0n) is 7.49. The Morgan fingerprint density at radius 1 is 1.64 bits per heavy atom. The molecule has 1 heterocycles. The zero-order chi connectivity index (χ0) is 10.6. The SMILES string of the molecule is CCOC(=O)c1nc(C=O)ccc1Cl. The van der Waals surface area contributed by atoms with E-state index in [1.165, 1.54) is 12.1 Å². The lowest BCUT2D eigenvalue weighted by Crippen LogP contribution is -2.09. The van der Waals surface area contributed by atoms with Crippen LogP contribution in [0.1, 0.15) is 27.9 Å². The molecule has 1 rings (SSSR count). The van der Waals surface area contributed by atoms with Crippen LogP contribution < -0.4 is 0 Å². The number of aldehydes is 1. The van der Waals surface area contributed by atoms with E-state index < -0.39 is 5.97 Å². The summed E-state index contributed by atoms with van der Waals surface area (Å²) in [7, 11) is 0. The highest BCUT2D eigenvalue weighted by Crippen LogP contribution is 2.14. The molecular formula is C9H8ClNO3. The molecule has 0 amide bonds. The summed E-state index contributed by atoms with van der Waals surface area (Å²) in [4.78, 5) is 25.4. The lowest BCUT2D eigenvalue weighted by atomic mass is 10.3. The number of ether oxygens (including phenoxy) is 1. The van der Waals surface area contributed by atoms with Crippen LogP contribution in [0.5, 0.6) is 0 Å². The minimum Gasteiger partial charge on any atom is -0.461 e. The molecule has 0 bridgehead atoms. The van der Waals surface area contributed by atoms with E-state index in [4.69, 9.17) is 16.3 Å². The largest absolute Gasteiger partial charge is 0.461 e. The fraction of sp³-hybridized carbons (Fsp3) is 0.222. The van der Waals surface area contributed by atoms with Gasteiger partial charge in [0.05, 0.1) is 11.6 Å². The highest BCUT2D eigenvalue weighted by molar-refractivity contribution is 6.33. The van der Waals surface area contributed by atoms with Crippen LogP contribution in [0.4, 0.5) is 0 Å². The van der Waals surface area contributed by atoms with Crippen molar-refractivity contribution in [3.8, 4) is 0 Å². The molecule has 1 aromatic heterocycles. The Hall–Kier alpha value is -1.42. The number of aromatic nitrogens is 1. The first-order valence-electron chi connectivity index (χ1n) is 3.98. The Bertz CT molecular complexity index is 365. The van der Waals surface area contributed by atoms with Crippen LogP contribution in [0, 0.1) is 0 Å². The summed E-state index contributed by atoms with van der Waals surface area (Å²) < 4.78 is 4.71. The van der Waals surface area contributed by atoms with E-state index in [0.29, 0.717) is 6.29 Å². The molecule has 1 aromatic rings. The zero-order valence-corrected chi connectivity index (χ0v) is 8.25. The van der Waals surface area contributed by atoms with E-state index in [1.54, 1.807) is 6.92 Å². The number of carbonyl (C=O) groups is 2. The molecule has 5 heteroatoms. The molecule has 0 N–H and O–H groups in total. The molecule has 0 saturated carbocycles. The smallest absolute Gasteiger partial charge is 0.358 e. The molecule has 0 saturated heterocycles. The lowest BCUT2D eigenvalue weighted by Gasteiger charge is -2.02. The molecule has 74 valence electrons. The normalized spacial score (nSPS) is 9.57. The second kappa shape index (κ2) is 4.72. The van der Waals surface area contributed by atoms with Gasteiger partial charge in [0.2, 0.25) is 0 Å². The quantitative estimate of drug-likeness (QED) is 0.567. The molecule has 0 spiro atoms. The molecule has 0 atom stereocenters. The van der Waals surface area contributed by atoms with Gasteiger partial charge in [-0.25, -0.2) is 9.78 Å². The van der Waals surface area contributed by atoms with Crippen molar-refractivity contribution >= 4 is 23.9 Å². The summed E-state index contributed by atoms with van der Waals surface area (Å²) in [6.45, 7) is 1.91. The molecular weight excluding hydrogens is 206 g/mol. The third kappa shape index (κ3) is 2.29. The van der Waals surface area contributed by atoms with Crippen LogP contribution in [-0.4, -0.2) is 23.8 Å². The second-order valence-electron chi connectivity index (χ2n) is 2.40. The number of carbonyl (C=O) groups excluding carboxylic acids is 2. The fourth-order valence-electron chi connectivity index (χ4n) is 0.865. The van der Waals surface area contributed by atoms with Gasteiger partial charge >= 0.3 is 5.97 Å². The van der Waals surface area contributed by atoms with Gasteiger partial charge in [-0.2, -0.15) is 0 Å². The molecule has 0 aliphatic heterocycles. The van der Waals surface area contributed by atoms with Gasteiger partial charge in [-0.15, -0.1) is 0 Å². The number of rotatable bonds is 3. The van der Waals surface area contributed by atoms with Crippen molar-refractivity contribution in [2.75, 3.05) is 6.61 Å². The number of esters is 1. The van der Waals surface area contributed by atoms with Crippen LogP contribution in [0.2, 0.25) is 5.02 Å². The summed E-state index contributed by atoms with van der Waals surface area (Å²) in [5.41, 5.74) is 0.121. The topological polar surface area (TPSA) is 56.3 Å². The van der Waals surface area contributed by atoms with Crippen molar-refractivity contribution in [2.45, 2.75) is 6.92 Å². The van der Waals surface area contributed by atoms with E-state index in [0.717, 1.165) is 0 Å². The Kier molecular flexibility index (Phi) is 3.59. The molecule has 0 aliphatic carbocycles. The predicted molar refractivity (Wildman–Crippen MR) is 50.6 cm³/mol. The minimum absolute atomic E-state index is 0.0295. The van der Waals surface area contributed by atoms with E-state index >= 15 is 0 Å². The first-order valence-corrected chi connectivity index (χ1v) is 4.35. The molecule has 0 aliphatic rings. The Balaban J connectivity index is 3.05. The maximum Gasteiger partial charge on any atom is 0.358 e. The molecule has 14 heavy (non-hydrogen) atoms. The van der Waals surface area contributed by atoms with Crippen molar-refractivity contribution in [3.05, 3.63) is 28.5 Å². The lowest BCUT2D eigenvalue weighted by molar-refractivity contribution is 0.0519. The Morgan fingerprint density at radius 2 is 2.36 bits per heavy atom. The van der Waals surface area contributed by atoms with Crippen molar-refractivity contribution in [1.82, 2.24) is 4.98 Å². The van der Waals surface area contributed by atoms with Crippen molar-refractivity contribution in [1.29, 1.82) is 0 Å². The van der Waals surface area contributed by atoms with Gasteiger partial charge in [-0.1, -0.05) is 11.6 Å². The van der Waals surface area contributed by atoms with Crippen molar-refractivity contribution in [2.24, 2.45) is 0 Å². The summed E-state index contributed by atoms with van der Waals surface area (Å²) in [6, 6.07) is 2.86. The van der Waals surface area contributed by atoms with Crippen LogP contribution >= 0.6 is 11.6 Å². The highest BCUT2D eigenvalue weighted by atomic mass is 35.5. The van der Waals surface area contributed by atoms with Gasteiger partial charge in [-0.05, 0) is 19.1 Å². The van der Waals surface area contributed by atoms with Crippen LogP contribution in [0.15, 0.2) is 12.1 Å². The third-order valence-electron chi connectivity index (χ3n) is 1.46. The van der Waals surface area contributed by atoms with Crippen molar-refractivity contribution < 1.29 is 14.3 Å². The van der Waals surface area contributed by atoms with Gasteiger partial charge in [0, 0.05) is 0 Å². The number of nitrogens with zero attached hydrogens (tertiary/aromatic N) is 1. The number of hydrogen-bond donors (Lipinski definition) is 0. The van der Waals surface area contributed by atoms with Crippen LogP contribution in [0.3, 0.4) is 0 Å². The predicted octanol–water partition coefficient (Wildman–Crippen LogP) is 1.72. The summed E-state index contributed by atoms with van der Waals surface area (Å²) in [6.07, 6.45) is 0.541. The van der Waals surface area contributed by atoms with E-state index in [-0.39, 0.29) is 23.0 Å². The standard InChI is InChI=1S/C9H8ClNO3/c1-2-14-9(13)8-7(10)4-3-6(5-12)11-8/h3-5H,2H2,1H3. The molecule has 0 radical (unpaired) electrons. The summed E-state index contributed by atoms with van der Waals surface area (Å²) in [5.74, 6) is -0.624. The maximum absolute atomic E-state index is 11.2. The van der Waals surface area contributed by atoms with Gasteiger partial charge < -0.3 is 4.74 Å². The van der Waals surface area contributed by atoms with E-state index in [2.05, 4.69) is 4.98 Å². The minimum atomic E-state index is -0.624. The van der Waals surface area contributed by atoms with Gasteiger partial charge in [-0.3, -0.25) is 4.79 Å². The molecule has 0 aromatic carbocycles. The maximum atomic E-state index is 11.2. The van der Waals surface area contributed by atoms with Gasteiger partial charge in [0.15, 0.2) is 12.0 Å². The number of pyridine rings is 1. The van der Waals surface area contributed by atoms with Crippen molar-refractivity contribution in [3.63, 3.8) is 0 Å². The van der Waals surface area contributed by atoms with Gasteiger partial charge in [0.1, 0.15) is 5.69 Å². The third-order valence-corrected chi connectivity index (χ3v) is 1.76. The average molecular weight is 214 g/mol. The number of hydrogen-bond acceptors (Lipinski definition) is 4. The first kappa shape index (κ1) is 10.7. The molecule has 4 nitrogen and oxygen atoms in total. The van der Waals surface area contributed by atoms with E-state index in [1.807, 2.05) is 0 Å². The van der Waals surface area contributed by atoms with E-state index in [9.17, 15) is 9.59 Å². The average Bonchev–Trinajstić information content (AvgIpc) is 2.19. The summed E-state index contributed by atoms with van der Waals surface area (Å²) in [5, 5.41) is 0.175. The number of halogens is 1. The second-order valence-corrected chi connectivity index (χ2v) is 2.81. The fourth-order valence-corrected chi connectivity index (χ4v) is 1.05. The first-order chi connectivity index (χ1) is 6.69. The van der Waals surface area contributed by atoms with Crippen LogP contribution in [-0.2, 0) is 4.74 Å². The Morgan fingerprint density at radius 3 is 2.93 bits per heavy atom. The van der Waals surface area contributed by atoms with Crippen LogP contribution in [0.25, 0.3) is 0 Å². The molecule has 0 fully saturated rings. The molecule has 0 unspecified atom stereocenters. The Labute approximate surface area is 85.9 Å². The highest BCUT2D eigenvalue weighted by Gasteiger charge is 2.13. The monoisotopic (exact) mass is 213 g/mol. The van der Waals surface area contributed by atoms with Gasteiger partial charge in [0.25, 0.3) is 0 Å². The summed E-state index contributed by atoms with van der Waals surface area (Å²) >= 11 is 5.70.